The maximum atomic E-state index is 11.9. The molecule has 0 radical (unpaired) electrons. The number of halogens is 1. The van der Waals surface area contributed by atoms with Crippen LogP contribution in [0.15, 0.2) is 48.5 Å². The van der Waals surface area contributed by atoms with Gasteiger partial charge in [0.25, 0.3) is 0 Å². The summed E-state index contributed by atoms with van der Waals surface area (Å²) in [6.07, 6.45) is 0.786. The smallest absolute Gasteiger partial charge is 0.338 e. The topological polar surface area (TPSA) is 67.4 Å². The molecule has 0 unspecified atom stereocenters. The molecular formula is C18H19ClN2O3. The van der Waals surface area contributed by atoms with Gasteiger partial charge in [0, 0.05) is 16.4 Å². The molecule has 0 aliphatic carbocycles. The van der Waals surface area contributed by atoms with Crippen LogP contribution in [0, 0.1) is 0 Å². The predicted octanol–water partition coefficient (Wildman–Crippen LogP) is 3.96. The van der Waals surface area contributed by atoms with Crippen molar-refractivity contribution >= 4 is 34.9 Å². The van der Waals surface area contributed by atoms with Gasteiger partial charge in [-0.15, -0.1) is 0 Å². The van der Waals surface area contributed by atoms with Crippen molar-refractivity contribution in [1.29, 1.82) is 0 Å². The minimum absolute atomic E-state index is 0.113. The Labute approximate surface area is 146 Å². The van der Waals surface area contributed by atoms with E-state index in [0.717, 1.165) is 12.1 Å². The Hall–Kier alpha value is -2.53. The van der Waals surface area contributed by atoms with E-state index in [1.165, 1.54) is 0 Å². The fourth-order valence-corrected chi connectivity index (χ4v) is 2.05. The van der Waals surface area contributed by atoms with Crippen LogP contribution in [0.1, 0.15) is 23.7 Å². The largest absolute Gasteiger partial charge is 0.462 e. The molecule has 0 aliphatic rings. The molecule has 1 amide bonds. The first-order chi connectivity index (χ1) is 11.6. The van der Waals surface area contributed by atoms with Crippen molar-refractivity contribution in [3.8, 4) is 0 Å². The van der Waals surface area contributed by atoms with Gasteiger partial charge >= 0.3 is 5.97 Å². The summed E-state index contributed by atoms with van der Waals surface area (Å²) >= 11 is 5.79. The molecule has 0 saturated carbocycles. The molecule has 2 aromatic carbocycles. The normalized spacial score (nSPS) is 10.1. The van der Waals surface area contributed by atoms with E-state index in [-0.39, 0.29) is 18.4 Å². The fourth-order valence-electron chi connectivity index (χ4n) is 1.92. The van der Waals surface area contributed by atoms with Crippen LogP contribution in [-0.2, 0) is 9.53 Å². The first kappa shape index (κ1) is 17.8. The van der Waals surface area contributed by atoms with E-state index in [0.29, 0.717) is 22.9 Å². The first-order valence-corrected chi connectivity index (χ1v) is 8.02. The zero-order valence-electron chi connectivity index (χ0n) is 13.3. The van der Waals surface area contributed by atoms with E-state index >= 15 is 0 Å². The molecule has 2 aromatic rings. The summed E-state index contributed by atoms with van der Waals surface area (Å²) in [5.74, 6) is -0.521. The third-order valence-electron chi connectivity index (χ3n) is 3.14. The van der Waals surface area contributed by atoms with Crippen molar-refractivity contribution in [2.75, 3.05) is 23.8 Å². The lowest BCUT2D eigenvalue weighted by Gasteiger charge is -2.09. The maximum Gasteiger partial charge on any atom is 0.338 e. The average molecular weight is 347 g/mol. The number of hydrogen-bond donors (Lipinski definition) is 2. The molecule has 24 heavy (non-hydrogen) atoms. The van der Waals surface area contributed by atoms with Crippen LogP contribution in [-0.4, -0.2) is 25.0 Å². The van der Waals surface area contributed by atoms with E-state index in [1.54, 1.807) is 48.5 Å². The van der Waals surface area contributed by atoms with Gasteiger partial charge in [0.05, 0.1) is 18.7 Å². The second-order valence-corrected chi connectivity index (χ2v) is 5.56. The molecular weight excluding hydrogens is 328 g/mol. The van der Waals surface area contributed by atoms with E-state index in [1.807, 2.05) is 6.92 Å². The number of esters is 1. The lowest BCUT2D eigenvalue weighted by molar-refractivity contribution is -0.114. The van der Waals surface area contributed by atoms with Crippen LogP contribution < -0.4 is 10.6 Å². The van der Waals surface area contributed by atoms with Crippen LogP contribution in [0.25, 0.3) is 0 Å². The molecule has 5 nitrogen and oxygen atoms in total. The molecule has 0 bridgehead atoms. The molecule has 6 heteroatoms. The number of benzene rings is 2. The number of amides is 1. The van der Waals surface area contributed by atoms with Crippen molar-refractivity contribution in [3.05, 3.63) is 59.1 Å². The van der Waals surface area contributed by atoms with Gasteiger partial charge in [0.15, 0.2) is 0 Å². The molecule has 126 valence electrons. The highest BCUT2D eigenvalue weighted by molar-refractivity contribution is 6.30. The number of rotatable bonds is 7. The SMILES string of the molecule is CCCOC(=O)c1ccc(NCC(=O)Nc2ccc(Cl)cc2)cc1. The van der Waals surface area contributed by atoms with Crippen LogP contribution in [0.2, 0.25) is 5.02 Å². The Morgan fingerprint density at radius 3 is 2.25 bits per heavy atom. The number of carbonyl (C=O) groups is 2. The Morgan fingerprint density at radius 1 is 1.00 bits per heavy atom. The summed E-state index contributed by atoms with van der Waals surface area (Å²) in [4.78, 5) is 23.6. The monoisotopic (exact) mass is 346 g/mol. The summed E-state index contributed by atoms with van der Waals surface area (Å²) in [6, 6.07) is 13.7. The summed E-state index contributed by atoms with van der Waals surface area (Å²) < 4.78 is 5.06. The predicted molar refractivity (Wildman–Crippen MR) is 95.6 cm³/mol. The maximum absolute atomic E-state index is 11.9. The lowest BCUT2D eigenvalue weighted by Crippen LogP contribution is -2.21. The number of anilines is 2. The molecule has 2 N–H and O–H groups in total. The van der Waals surface area contributed by atoms with Crippen molar-refractivity contribution < 1.29 is 14.3 Å². The Morgan fingerprint density at radius 2 is 1.62 bits per heavy atom. The van der Waals surface area contributed by atoms with Gasteiger partial charge in [0.1, 0.15) is 0 Å². The number of carbonyl (C=O) groups excluding carboxylic acids is 2. The van der Waals surface area contributed by atoms with E-state index in [4.69, 9.17) is 16.3 Å². The average Bonchev–Trinajstić information content (AvgIpc) is 2.60. The zero-order chi connectivity index (χ0) is 17.4. The van der Waals surface area contributed by atoms with Gasteiger partial charge in [0.2, 0.25) is 5.91 Å². The highest BCUT2D eigenvalue weighted by atomic mass is 35.5. The molecule has 0 saturated heterocycles. The van der Waals surface area contributed by atoms with Crippen molar-refractivity contribution in [1.82, 2.24) is 0 Å². The molecule has 0 aromatic heterocycles. The molecule has 0 heterocycles. The van der Waals surface area contributed by atoms with Crippen LogP contribution >= 0.6 is 11.6 Å². The molecule has 0 spiro atoms. The van der Waals surface area contributed by atoms with Crippen molar-refractivity contribution in [2.45, 2.75) is 13.3 Å². The highest BCUT2D eigenvalue weighted by Crippen LogP contribution is 2.14. The van der Waals surface area contributed by atoms with Crippen LogP contribution in [0.3, 0.4) is 0 Å². The lowest BCUT2D eigenvalue weighted by atomic mass is 10.2. The number of ether oxygens (including phenoxy) is 1. The van der Waals surface area contributed by atoms with Gasteiger partial charge in [-0.25, -0.2) is 4.79 Å². The number of nitrogens with one attached hydrogen (secondary N) is 2. The molecule has 2 rings (SSSR count). The third kappa shape index (κ3) is 5.59. The molecule has 0 aliphatic heterocycles. The zero-order valence-corrected chi connectivity index (χ0v) is 14.1. The van der Waals surface area contributed by atoms with Gasteiger partial charge in [-0.05, 0) is 55.0 Å². The third-order valence-corrected chi connectivity index (χ3v) is 3.39. The second-order valence-electron chi connectivity index (χ2n) is 5.12. The van der Waals surface area contributed by atoms with E-state index in [2.05, 4.69) is 10.6 Å². The van der Waals surface area contributed by atoms with Gasteiger partial charge in [-0.3, -0.25) is 4.79 Å². The standard InChI is InChI=1S/C18H19ClN2O3/c1-2-11-24-18(23)13-3-7-15(8-4-13)20-12-17(22)21-16-9-5-14(19)6-10-16/h3-10,20H,2,11-12H2,1H3,(H,21,22). The molecule has 0 atom stereocenters. The fraction of sp³-hybridized carbons (Fsp3) is 0.222. The summed E-state index contributed by atoms with van der Waals surface area (Å²) in [6.45, 7) is 2.46. The summed E-state index contributed by atoms with van der Waals surface area (Å²) in [5.41, 5.74) is 1.91. The summed E-state index contributed by atoms with van der Waals surface area (Å²) in [5, 5.41) is 6.37. The van der Waals surface area contributed by atoms with Crippen molar-refractivity contribution in [2.24, 2.45) is 0 Å². The van der Waals surface area contributed by atoms with Gasteiger partial charge < -0.3 is 15.4 Å². The minimum Gasteiger partial charge on any atom is -0.462 e. The quantitative estimate of drug-likeness (QED) is 0.745. The second kappa shape index (κ2) is 8.93. The Bertz CT molecular complexity index is 684. The number of hydrogen-bond acceptors (Lipinski definition) is 4. The van der Waals surface area contributed by atoms with Gasteiger partial charge in [-0.2, -0.15) is 0 Å². The molecule has 0 fully saturated rings. The minimum atomic E-state index is -0.344. The van der Waals surface area contributed by atoms with E-state index in [9.17, 15) is 9.59 Å². The summed E-state index contributed by atoms with van der Waals surface area (Å²) in [7, 11) is 0. The van der Waals surface area contributed by atoms with Crippen molar-refractivity contribution in [3.63, 3.8) is 0 Å². The van der Waals surface area contributed by atoms with Gasteiger partial charge in [-0.1, -0.05) is 18.5 Å². The first-order valence-electron chi connectivity index (χ1n) is 7.65. The van der Waals surface area contributed by atoms with Crippen LogP contribution in [0.5, 0.6) is 0 Å². The Kier molecular flexibility index (Phi) is 6.63. The Balaban J connectivity index is 1.82. The highest BCUT2D eigenvalue weighted by Gasteiger charge is 2.07. The van der Waals surface area contributed by atoms with E-state index < -0.39 is 0 Å². The van der Waals surface area contributed by atoms with Crippen LogP contribution in [0.4, 0.5) is 11.4 Å².